The smallest absolute Gasteiger partial charge is 0.189 e. The van der Waals surface area contributed by atoms with Gasteiger partial charge in [0.05, 0.1) is 6.10 Å². The topological polar surface area (TPSA) is 47.9 Å². The second-order valence-electron chi connectivity index (χ2n) is 10.3. The van der Waals surface area contributed by atoms with Gasteiger partial charge in [0.25, 0.3) is 0 Å². The number of hydrogen-bond donors (Lipinski definition) is 1. The highest BCUT2D eigenvalue weighted by Gasteiger charge is 2.54. The molecular formula is C22H36O4Si. The number of fused-ring (bicyclic) bond motifs is 2. The number of aliphatic hydroxyl groups excluding tert-OH is 1. The molecule has 1 aromatic rings. The zero-order valence-corrected chi connectivity index (χ0v) is 18.8. The van der Waals surface area contributed by atoms with Crippen molar-refractivity contribution in [3.8, 4) is 11.5 Å². The molecule has 1 aliphatic carbocycles. The van der Waals surface area contributed by atoms with E-state index >= 15 is 0 Å². The predicted molar refractivity (Wildman–Crippen MR) is 111 cm³/mol. The van der Waals surface area contributed by atoms with E-state index in [-0.39, 0.29) is 23.9 Å². The molecule has 0 spiro atoms. The summed E-state index contributed by atoms with van der Waals surface area (Å²) in [7, 11) is -1.07. The van der Waals surface area contributed by atoms with Crippen molar-refractivity contribution in [2.75, 3.05) is 13.4 Å². The van der Waals surface area contributed by atoms with Crippen LogP contribution < -0.4 is 9.47 Å². The van der Waals surface area contributed by atoms with Gasteiger partial charge in [-0.2, -0.15) is 0 Å². The van der Waals surface area contributed by atoms with Crippen LogP contribution in [0.3, 0.4) is 0 Å². The molecule has 0 aromatic heterocycles. The van der Waals surface area contributed by atoms with Crippen molar-refractivity contribution in [2.24, 2.45) is 11.3 Å². The van der Waals surface area contributed by atoms with E-state index in [2.05, 4.69) is 46.5 Å². The summed E-state index contributed by atoms with van der Waals surface area (Å²) in [5.74, 6) is 2.01. The average Bonchev–Trinajstić information content (AvgIpc) is 2.56. The molecule has 1 heterocycles. The maximum atomic E-state index is 10.5. The van der Waals surface area contributed by atoms with Gasteiger partial charge in [0.1, 0.15) is 17.1 Å². The minimum Gasteiger partial charge on any atom is -0.487 e. The Kier molecular flexibility index (Phi) is 5.68. The Balaban J connectivity index is 1.64. The van der Waals surface area contributed by atoms with Crippen LogP contribution in [-0.2, 0) is 11.2 Å². The fourth-order valence-corrected chi connectivity index (χ4v) is 5.25. The van der Waals surface area contributed by atoms with E-state index in [1.54, 1.807) is 0 Å². The Hall–Kier alpha value is -1.04. The van der Waals surface area contributed by atoms with Crippen LogP contribution in [0.4, 0.5) is 0 Å². The summed E-state index contributed by atoms with van der Waals surface area (Å²) < 4.78 is 17.9. The molecule has 1 saturated carbocycles. The second kappa shape index (κ2) is 7.41. The summed E-state index contributed by atoms with van der Waals surface area (Å²) in [5, 5.41) is 10.5. The van der Waals surface area contributed by atoms with E-state index in [9.17, 15) is 5.11 Å². The third-order valence-electron chi connectivity index (χ3n) is 6.52. The number of aliphatic hydroxyl groups is 1. The van der Waals surface area contributed by atoms with Crippen molar-refractivity contribution in [1.82, 2.24) is 0 Å². The van der Waals surface area contributed by atoms with Crippen molar-refractivity contribution >= 4 is 8.07 Å². The predicted octanol–water partition coefficient (Wildman–Crippen LogP) is 4.87. The highest BCUT2D eigenvalue weighted by Crippen LogP contribution is 2.53. The Morgan fingerprint density at radius 1 is 1.22 bits per heavy atom. The van der Waals surface area contributed by atoms with E-state index in [0.29, 0.717) is 5.92 Å². The van der Waals surface area contributed by atoms with Gasteiger partial charge in [0, 0.05) is 26.7 Å². The standard InChI is InChI=1S/C22H36O4Si/c1-21(2)19-13-16-7-8-17(25-15-24-11-12-27(4,5)6)14-18(16)26-22(19,3)10-9-20(21)23/h7-8,14,19-20,23H,9-13,15H2,1-6H3/t19-,20-,22-/m1/s1. The second-order valence-corrected chi connectivity index (χ2v) is 15.9. The molecule has 27 heavy (non-hydrogen) atoms. The Morgan fingerprint density at radius 3 is 2.67 bits per heavy atom. The lowest BCUT2D eigenvalue weighted by molar-refractivity contribution is -0.137. The van der Waals surface area contributed by atoms with Gasteiger partial charge in [-0.3, -0.25) is 0 Å². The average molecular weight is 393 g/mol. The molecule has 3 rings (SSSR count). The third-order valence-corrected chi connectivity index (χ3v) is 8.22. The van der Waals surface area contributed by atoms with Gasteiger partial charge in [0.15, 0.2) is 6.79 Å². The molecule has 0 saturated heterocycles. The van der Waals surface area contributed by atoms with Crippen LogP contribution in [0.2, 0.25) is 25.7 Å². The maximum absolute atomic E-state index is 10.5. The Bertz CT molecular complexity index is 667. The number of ether oxygens (including phenoxy) is 3. The zero-order chi connectivity index (χ0) is 19.9. The van der Waals surface area contributed by atoms with Crippen molar-refractivity contribution < 1.29 is 19.3 Å². The molecule has 0 bridgehead atoms. The molecule has 5 heteroatoms. The van der Waals surface area contributed by atoms with Crippen LogP contribution in [-0.4, -0.2) is 38.3 Å². The van der Waals surface area contributed by atoms with Crippen LogP contribution in [0.1, 0.15) is 39.2 Å². The van der Waals surface area contributed by atoms with Crippen LogP contribution >= 0.6 is 0 Å². The quantitative estimate of drug-likeness (QED) is 0.426. The molecule has 0 unspecified atom stereocenters. The first kappa shape index (κ1) is 20.7. The van der Waals surface area contributed by atoms with Crippen LogP contribution in [0, 0.1) is 11.3 Å². The highest BCUT2D eigenvalue weighted by molar-refractivity contribution is 6.76. The molecule has 4 nitrogen and oxygen atoms in total. The van der Waals surface area contributed by atoms with Crippen LogP contribution in [0.5, 0.6) is 11.5 Å². The molecular weight excluding hydrogens is 356 g/mol. The SMILES string of the molecule is CC1(C)[C@H](O)CC[C@@]2(C)Oc3cc(OCOCC[Si](C)(C)C)ccc3C[C@H]12. The Labute approximate surface area is 165 Å². The summed E-state index contributed by atoms with van der Waals surface area (Å²) in [6.45, 7) is 14.6. The summed E-state index contributed by atoms with van der Waals surface area (Å²) in [4.78, 5) is 0. The molecule has 1 fully saturated rings. The fraction of sp³-hybridized carbons (Fsp3) is 0.727. The van der Waals surface area contributed by atoms with Gasteiger partial charge < -0.3 is 19.3 Å². The van der Waals surface area contributed by atoms with E-state index in [4.69, 9.17) is 14.2 Å². The van der Waals surface area contributed by atoms with E-state index in [0.717, 1.165) is 43.4 Å². The Morgan fingerprint density at radius 2 is 1.96 bits per heavy atom. The number of hydrogen-bond acceptors (Lipinski definition) is 4. The van der Waals surface area contributed by atoms with Gasteiger partial charge in [0.2, 0.25) is 0 Å². The minimum absolute atomic E-state index is 0.149. The van der Waals surface area contributed by atoms with Crippen LogP contribution in [0.15, 0.2) is 18.2 Å². The van der Waals surface area contributed by atoms with Gasteiger partial charge in [-0.05, 0) is 49.3 Å². The first-order chi connectivity index (χ1) is 12.5. The zero-order valence-electron chi connectivity index (χ0n) is 17.8. The molecule has 2 aliphatic rings. The normalized spacial score (nSPS) is 29.4. The maximum Gasteiger partial charge on any atom is 0.189 e. The first-order valence-electron chi connectivity index (χ1n) is 10.2. The van der Waals surface area contributed by atoms with Gasteiger partial charge >= 0.3 is 0 Å². The summed E-state index contributed by atoms with van der Waals surface area (Å²) in [5.41, 5.74) is 0.818. The fourth-order valence-electron chi connectivity index (χ4n) is 4.50. The number of benzene rings is 1. The summed E-state index contributed by atoms with van der Waals surface area (Å²) in [6.07, 6.45) is 2.34. The molecule has 3 atom stereocenters. The van der Waals surface area contributed by atoms with Gasteiger partial charge in [-0.25, -0.2) is 0 Å². The van der Waals surface area contributed by atoms with E-state index in [1.165, 1.54) is 5.56 Å². The van der Waals surface area contributed by atoms with E-state index < -0.39 is 8.07 Å². The van der Waals surface area contributed by atoms with Gasteiger partial charge in [-0.1, -0.05) is 39.6 Å². The highest BCUT2D eigenvalue weighted by atomic mass is 28.3. The molecule has 0 radical (unpaired) electrons. The third kappa shape index (κ3) is 4.52. The van der Waals surface area contributed by atoms with E-state index in [1.807, 2.05) is 12.1 Å². The van der Waals surface area contributed by atoms with Crippen molar-refractivity contribution in [3.63, 3.8) is 0 Å². The summed E-state index contributed by atoms with van der Waals surface area (Å²) >= 11 is 0. The lowest BCUT2D eigenvalue weighted by Crippen LogP contribution is -2.58. The molecule has 152 valence electrons. The molecule has 1 aliphatic heterocycles. The van der Waals surface area contributed by atoms with Crippen molar-refractivity contribution in [2.45, 2.75) is 77.4 Å². The first-order valence-corrected chi connectivity index (χ1v) is 13.9. The van der Waals surface area contributed by atoms with Crippen LogP contribution in [0.25, 0.3) is 0 Å². The molecule has 1 N–H and O–H groups in total. The van der Waals surface area contributed by atoms with Crippen molar-refractivity contribution in [3.05, 3.63) is 23.8 Å². The molecule has 1 aromatic carbocycles. The molecule has 0 amide bonds. The lowest BCUT2D eigenvalue weighted by Gasteiger charge is -2.55. The monoisotopic (exact) mass is 392 g/mol. The van der Waals surface area contributed by atoms with Gasteiger partial charge in [-0.15, -0.1) is 0 Å². The largest absolute Gasteiger partial charge is 0.487 e. The summed E-state index contributed by atoms with van der Waals surface area (Å²) in [6, 6.07) is 7.24. The number of rotatable bonds is 6. The minimum atomic E-state index is -1.07. The van der Waals surface area contributed by atoms with Crippen molar-refractivity contribution in [1.29, 1.82) is 0 Å². The lowest BCUT2D eigenvalue weighted by atomic mass is 9.58.